The van der Waals surface area contributed by atoms with Crippen molar-refractivity contribution >= 4 is 17.4 Å². The van der Waals surface area contributed by atoms with Crippen LogP contribution in [0.3, 0.4) is 0 Å². The van der Waals surface area contributed by atoms with Crippen molar-refractivity contribution in [1.29, 1.82) is 0 Å². The molecule has 1 aromatic rings. The second kappa shape index (κ2) is 5.62. The van der Waals surface area contributed by atoms with Gasteiger partial charge in [0.15, 0.2) is 0 Å². The van der Waals surface area contributed by atoms with Gasteiger partial charge in [-0.3, -0.25) is 0 Å². The fourth-order valence-corrected chi connectivity index (χ4v) is 2.70. The van der Waals surface area contributed by atoms with Gasteiger partial charge in [0.25, 0.3) is 0 Å². The Balaban J connectivity index is 1.99. The molecule has 1 aromatic carbocycles. The predicted octanol–water partition coefficient (Wildman–Crippen LogP) is 4.15. The van der Waals surface area contributed by atoms with Crippen LogP contribution >= 0.6 is 11.8 Å². The van der Waals surface area contributed by atoms with Crippen molar-refractivity contribution in [3.05, 3.63) is 29.8 Å². The van der Waals surface area contributed by atoms with Crippen LogP contribution in [0.4, 0.5) is 5.69 Å². The lowest BCUT2D eigenvalue weighted by Crippen LogP contribution is -2.20. The first-order chi connectivity index (χ1) is 7.83. The smallest absolute Gasteiger partial charge is 0.0345 e. The molecule has 0 amide bonds. The minimum atomic E-state index is 0.685. The molecule has 1 fully saturated rings. The van der Waals surface area contributed by atoms with Crippen LogP contribution in [0.25, 0.3) is 0 Å². The van der Waals surface area contributed by atoms with Crippen LogP contribution in [0.15, 0.2) is 24.3 Å². The maximum absolute atomic E-state index is 3.68. The van der Waals surface area contributed by atoms with E-state index in [1.807, 2.05) is 11.8 Å². The number of hydrogen-bond acceptors (Lipinski definition) is 2. The number of benzene rings is 1. The highest BCUT2D eigenvalue weighted by Gasteiger charge is 2.29. The van der Waals surface area contributed by atoms with Gasteiger partial charge in [0.1, 0.15) is 0 Å². The summed E-state index contributed by atoms with van der Waals surface area (Å²) < 4.78 is 0. The molecule has 16 heavy (non-hydrogen) atoms. The van der Waals surface area contributed by atoms with Crippen LogP contribution in [0.2, 0.25) is 0 Å². The van der Waals surface area contributed by atoms with Gasteiger partial charge in [0.05, 0.1) is 0 Å². The van der Waals surface area contributed by atoms with Crippen LogP contribution in [0.1, 0.15) is 31.7 Å². The number of anilines is 1. The first kappa shape index (κ1) is 11.8. The molecule has 1 saturated carbocycles. The summed E-state index contributed by atoms with van der Waals surface area (Å²) in [5.41, 5.74) is 2.72. The Kier molecular flexibility index (Phi) is 4.16. The van der Waals surface area contributed by atoms with Crippen molar-refractivity contribution in [3.8, 4) is 0 Å². The standard InChI is InChI=1S/C14H21NS/c1-3-14(12-7-8-12)15-13-6-4-5-11(9-13)10-16-2/h4-6,9,12,14-15H,3,7-8,10H2,1-2H3. The van der Waals surface area contributed by atoms with Gasteiger partial charge in [-0.25, -0.2) is 0 Å². The third-order valence-electron chi connectivity index (χ3n) is 3.22. The lowest BCUT2D eigenvalue weighted by molar-refractivity contribution is 0.616. The molecule has 0 aliphatic heterocycles. The Labute approximate surface area is 103 Å². The molecular weight excluding hydrogens is 214 g/mol. The number of nitrogens with one attached hydrogen (secondary N) is 1. The largest absolute Gasteiger partial charge is 0.382 e. The molecule has 1 aliphatic carbocycles. The molecular formula is C14H21NS. The lowest BCUT2D eigenvalue weighted by atomic mass is 10.1. The molecule has 1 unspecified atom stereocenters. The first-order valence-corrected chi connectivity index (χ1v) is 7.57. The predicted molar refractivity (Wildman–Crippen MR) is 74.1 cm³/mol. The molecule has 1 atom stereocenters. The number of thioether (sulfide) groups is 1. The van der Waals surface area contributed by atoms with E-state index in [9.17, 15) is 0 Å². The van der Waals surface area contributed by atoms with E-state index in [2.05, 4.69) is 42.8 Å². The van der Waals surface area contributed by atoms with Crippen LogP contribution in [-0.2, 0) is 5.75 Å². The highest BCUT2D eigenvalue weighted by atomic mass is 32.2. The highest BCUT2D eigenvalue weighted by Crippen LogP contribution is 2.35. The molecule has 1 aliphatic rings. The molecule has 0 spiro atoms. The van der Waals surface area contributed by atoms with Crippen LogP contribution < -0.4 is 5.32 Å². The summed E-state index contributed by atoms with van der Waals surface area (Å²) in [6.45, 7) is 2.28. The summed E-state index contributed by atoms with van der Waals surface area (Å²) in [7, 11) is 0. The summed E-state index contributed by atoms with van der Waals surface area (Å²) in [6.07, 6.45) is 6.21. The van der Waals surface area contributed by atoms with Crippen molar-refractivity contribution in [1.82, 2.24) is 0 Å². The molecule has 0 bridgehead atoms. The SMILES string of the molecule is CCC(Nc1cccc(CSC)c1)C1CC1. The Morgan fingerprint density at radius 2 is 2.25 bits per heavy atom. The maximum atomic E-state index is 3.68. The van der Waals surface area contributed by atoms with Gasteiger partial charge < -0.3 is 5.32 Å². The summed E-state index contributed by atoms with van der Waals surface area (Å²) in [6, 6.07) is 9.54. The molecule has 2 heteroatoms. The summed E-state index contributed by atoms with van der Waals surface area (Å²) in [5, 5.41) is 3.68. The third-order valence-corrected chi connectivity index (χ3v) is 3.84. The van der Waals surface area contributed by atoms with E-state index in [4.69, 9.17) is 0 Å². The van der Waals surface area contributed by atoms with Gasteiger partial charge in [0, 0.05) is 17.5 Å². The van der Waals surface area contributed by atoms with E-state index in [-0.39, 0.29) is 0 Å². The zero-order valence-corrected chi connectivity index (χ0v) is 11.0. The molecule has 0 aromatic heterocycles. The monoisotopic (exact) mass is 235 g/mol. The van der Waals surface area contributed by atoms with E-state index in [1.165, 1.54) is 30.5 Å². The van der Waals surface area contributed by atoms with Crippen molar-refractivity contribution in [2.75, 3.05) is 11.6 Å². The molecule has 0 heterocycles. The fourth-order valence-electron chi connectivity index (χ4n) is 2.18. The van der Waals surface area contributed by atoms with E-state index in [0.29, 0.717) is 6.04 Å². The number of hydrogen-bond donors (Lipinski definition) is 1. The summed E-state index contributed by atoms with van der Waals surface area (Å²) in [4.78, 5) is 0. The van der Waals surface area contributed by atoms with E-state index >= 15 is 0 Å². The normalized spacial score (nSPS) is 17.1. The molecule has 0 saturated heterocycles. The van der Waals surface area contributed by atoms with E-state index in [1.54, 1.807) is 0 Å². The quantitative estimate of drug-likeness (QED) is 0.795. The van der Waals surface area contributed by atoms with Crippen LogP contribution in [0, 0.1) is 5.92 Å². The van der Waals surface area contributed by atoms with Crippen molar-refractivity contribution < 1.29 is 0 Å². The fraction of sp³-hybridized carbons (Fsp3) is 0.571. The van der Waals surface area contributed by atoms with Gasteiger partial charge in [-0.15, -0.1) is 0 Å². The minimum absolute atomic E-state index is 0.685. The van der Waals surface area contributed by atoms with Crippen molar-refractivity contribution in [3.63, 3.8) is 0 Å². The Bertz CT molecular complexity index is 333. The maximum Gasteiger partial charge on any atom is 0.0345 e. The molecule has 1 nitrogen and oxygen atoms in total. The second-order valence-corrected chi connectivity index (χ2v) is 5.50. The van der Waals surface area contributed by atoms with Gasteiger partial charge in [-0.1, -0.05) is 19.1 Å². The topological polar surface area (TPSA) is 12.0 Å². The van der Waals surface area contributed by atoms with Gasteiger partial charge in [0.2, 0.25) is 0 Å². The summed E-state index contributed by atoms with van der Waals surface area (Å²) in [5.74, 6) is 2.03. The van der Waals surface area contributed by atoms with E-state index < -0.39 is 0 Å². The molecule has 88 valence electrons. The zero-order valence-electron chi connectivity index (χ0n) is 10.2. The Morgan fingerprint density at radius 3 is 2.88 bits per heavy atom. The van der Waals surface area contributed by atoms with Gasteiger partial charge in [-0.2, -0.15) is 11.8 Å². The average molecular weight is 235 g/mol. The number of rotatable bonds is 6. The Morgan fingerprint density at radius 1 is 1.44 bits per heavy atom. The lowest BCUT2D eigenvalue weighted by Gasteiger charge is -2.18. The second-order valence-electron chi connectivity index (χ2n) is 4.63. The average Bonchev–Trinajstić information content (AvgIpc) is 3.11. The highest BCUT2D eigenvalue weighted by molar-refractivity contribution is 7.97. The molecule has 2 rings (SSSR count). The van der Waals surface area contributed by atoms with E-state index in [0.717, 1.165) is 11.7 Å². The Hall–Kier alpha value is -0.630. The molecule has 0 radical (unpaired) electrons. The van der Waals surface area contributed by atoms with Gasteiger partial charge >= 0.3 is 0 Å². The van der Waals surface area contributed by atoms with Gasteiger partial charge in [-0.05, 0) is 49.1 Å². The molecule has 1 N–H and O–H groups in total. The van der Waals surface area contributed by atoms with Crippen molar-refractivity contribution in [2.45, 2.75) is 38.0 Å². The zero-order chi connectivity index (χ0) is 11.4. The van der Waals surface area contributed by atoms with Crippen molar-refractivity contribution in [2.24, 2.45) is 5.92 Å². The third kappa shape index (κ3) is 3.18. The first-order valence-electron chi connectivity index (χ1n) is 6.18. The summed E-state index contributed by atoms with van der Waals surface area (Å²) >= 11 is 1.88. The van der Waals surface area contributed by atoms with Crippen LogP contribution in [-0.4, -0.2) is 12.3 Å². The van der Waals surface area contributed by atoms with Crippen LogP contribution in [0.5, 0.6) is 0 Å². The minimum Gasteiger partial charge on any atom is -0.382 e.